The van der Waals surface area contributed by atoms with E-state index in [0.29, 0.717) is 23.6 Å². The summed E-state index contributed by atoms with van der Waals surface area (Å²) in [5, 5.41) is 2.73. The minimum absolute atomic E-state index is 0.174. The minimum atomic E-state index is -4.43. The Kier molecular flexibility index (Phi) is 4.80. The van der Waals surface area contributed by atoms with Gasteiger partial charge in [-0.15, -0.1) is 0 Å². The molecule has 0 aromatic heterocycles. The summed E-state index contributed by atoms with van der Waals surface area (Å²) in [5.74, 6) is -0.229. The molecule has 0 radical (unpaired) electrons. The molecule has 0 aliphatic heterocycles. The Labute approximate surface area is 148 Å². The van der Waals surface area contributed by atoms with Crippen LogP contribution in [0.15, 0.2) is 42.5 Å². The molecule has 4 nitrogen and oxygen atoms in total. The number of hydrogen-bond donors (Lipinski definition) is 1. The fourth-order valence-corrected chi connectivity index (χ4v) is 3.06. The highest BCUT2D eigenvalue weighted by atomic mass is 19.4. The maximum absolute atomic E-state index is 13.1. The number of carbonyl (C=O) groups excluding carboxylic acids is 1. The van der Waals surface area contributed by atoms with Crippen molar-refractivity contribution >= 4 is 11.6 Å². The number of hydrogen-bond acceptors (Lipinski definition) is 3. The van der Waals surface area contributed by atoms with Gasteiger partial charge in [0.2, 0.25) is 5.91 Å². The summed E-state index contributed by atoms with van der Waals surface area (Å²) in [4.78, 5) is 12.4. The van der Waals surface area contributed by atoms with Crippen molar-refractivity contribution in [2.75, 3.05) is 19.5 Å². The zero-order chi connectivity index (χ0) is 18.9. The lowest BCUT2D eigenvalue weighted by Gasteiger charge is -2.13. The lowest BCUT2D eigenvalue weighted by Crippen LogP contribution is -2.15. The molecule has 2 aromatic carbocycles. The second kappa shape index (κ2) is 6.90. The fourth-order valence-electron chi connectivity index (χ4n) is 3.06. The molecular formula is C19H18F3NO3. The molecule has 1 amide bonds. The van der Waals surface area contributed by atoms with Gasteiger partial charge >= 0.3 is 6.18 Å². The highest BCUT2D eigenvalue weighted by Gasteiger charge is 2.47. The molecule has 0 spiro atoms. The van der Waals surface area contributed by atoms with Crippen LogP contribution in [-0.2, 0) is 11.0 Å². The molecule has 2 aromatic rings. The normalized spacial score (nSPS) is 19.0. The summed E-state index contributed by atoms with van der Waals surface area (Å²) >= 11 is 0. The summed E-state index contributed by atoms with van der Waals surface area (Å²) in [7, 11) is 2.98. The lowest BCUT2D eigenvalue weighted by molar-refractivity contribution is -0.138. The van der Waals surface area contributed by atoms with Crippen LogP contribution in [0.4, 0.5) is 18.9 Å². The predicted molar refractivity (Wildman–Crippen MR) is 90.5 cm³/mol. The first-order chi connectivity index (χ1) is 12.3. The first-order valence-corrected chi connectivity index (χ1v) is 8.04. The maximum atomic E-state index is 13.1. The van der Waals surface area contributed by atoms with Gasteiger partial charge in [-0.25, -0.2) is 0 Å². The monoisotopic (exact) mass is 365 g/mol. The van der Waals surface area contributed by atoms with Gasteiger partial charge in [-0.3, -0.25) is 4.79 Å². The quantitative estimate of drug-likeness (QED) is 0.851. The van der Waals surface area contributed by atoms with Gasteiger partial charge in [0.25, 0.3) is 0 Å². The standard InChI is InChI=1S/C19H18F3NO3/c1-25-16-8-7-11(9-17(16)26-2)23-18(24)14-10-13(14)12-5-3-4-6-15(12)19(20,21)22/h3-9,13-14H,10H2,1-2H3,(H,23,24). The van der Waals surface area contributed by atoms with E-state index in [9.17, 15) is 18.0 Å². The van der Waals surface area contributed by atoms with Crippen LogP contribution in [0.25, 0.3) is 0 Å². The van der Waals surface area contributed by atoms with Crippen LogP contribution >= 0.6 is 0 Å². The summed E-state index contributed by atoms with van der Waals surface area (Å²) in [6, 6.07) is 10.3. The zero-order valence-corrected chi connectivity index (χ0v) is 14.3. The Hall–Kier alpha value is -2.70. The van der Waals surface area contributed by atoms with E-state index >= 15 is 0 Å². The highest BCUT2D eigenvalue weighted by molar-refractivity contribution is 5.95. The van der Waals surface area contributed by atoms with Gasteiger partial charge in [0, 0.05) is 17.7 Å². The van der Waals surface area contributed by atoms with Gasteiger partial charge < -0.3 is 14.8 Å². The number of methoxy groups -OCH3 is 2. The SMILES string of the molecule is COc1ccc(NC(=O)C2CC2c2ccccc2C(F)(F)F)cc1OC. The van der Waals surface area contributed by atoms with E-state index < -0.39 is 23.6 Å². The molecule has 0 bridgehead atoms. The van der Waals surface area contributed by atoms with Crippen LogP contribution in [0.1, 0.15) is 23.5 Å². The molecule has 1 fully saturated rings. The maximum Gasteiger partial charge on any atom is 0.416 e. The molecule has 2 atom stereocenters. The van der Waals surface area contributed by atoms with Crippen molar-refractivity contribution in [2.24, 2.45) is 5.92 Å². The van der Waals surface area contributed by atoms with Gasteiger partial charge in [-0.1, -0.05) is 18.2 Å². The van der Waals surface area contributed by atoms with Gasteiger partial charge in [0.1, 0.15) is 0 Å². The third-order valence-corrected chi connectivity index (χ3v) is 4.44. The molecule has 26 heavy (non-hydrogen) atoms. The molecule has 0 heterocycles. The molecule has 3 rings (SSSR count). The number of benzene rings is 2. The number of anilines is 1. The Morgan fingerprint density at radius 3 is 2.42 bits per heavy atom. The third kappa shape index (κ3) is 3.61. The molecule has 1 N–H and O–H groups in total. The Bertz CT molecular complexity index is 820. The van der Waals surface area contributed by atoms with E-state index in [1.807, 2.05) is 0 Å². The Balaban J connectivity index is 1.73. The smallest absolute Gasteiger partial charge is 0.416 e. The van der Waals surface area contributed by atoms with Gasteiger partial charge in [0.05, 0.1) is 19.8 Å². The topological polar surface area (TPSA) is 47.6 Å². The lowest BCUT2D eigenvalue weighted by atomic mass is 10.0. The number of carbonyl (C=O) groups is 1. The number of rotatable bonds is 5. The highest BCUT2D eigenvalue weighted by Crippen LogP contribution is 2.51. The van der Waals surface area contributed by atoms with Gasteiger partial charge in [-0.2, -0.15) is 13.2 Å². The molecule has 2 unspecified atom stereocenters. The van der Waals surface area contributed by atoms with E-state index in [4.69, 9.17) is 9.47 Å². The summed E-state index contributed by atoms with van der Waals surface area (Å²) < 4.78 is 49.7. The van der Waals surface area contributed by atoms with E-state index in [1.54, 1.807) is 24.3 Å². The van der Waals surface area contributed by atoms with Crippen LogP contribution in [0, 0.1) is 5.92 Å². The average Bonchev–Trinajstić information content (AvgIpc) is 3.41. The minimum Gasteiger partial charge on any atom is -0.493 e. The van der Waals surface area contributed by atoms with Crippen LogP contribution in [0.2, 0.25) is 0 Å². The summed E-state index contributed by atoms with van der Waals surface area (Å²) in [6.07, 6.45) is -4.03. The van der Waals surface area contributed by atoms with Gasteiger partial charge in [0.15, 0.2) is 11.5 Å². The van der Waals surface area contributed by atoms with Crippen molar-refractivity contribution < 1.29 is 27.4 Å². The summed E-state index contributed by atoms with van der Waals surface area (Å²) in [5.41, 5.74) is 0.00119. The van der Waals surface area contributed by atoms with Crippen molar-refractivity contribution in [3.05, 3.63) is 53.6 Å². The van der Waals surface area contributed by atoms with Crippen molar-refractivity contribution in [3.63, 3.8) is 0 Å². The first kappa shape index (κ1) is 18.1. The van der Waals surface area contributed by atoms with Crippen molar-refractivity contribution in [2.45, 2.75) is 18.5 Å². The first-order valence-electron chi connectivity index (χ1n) is 8.04. The number of ether oxygens (including phenoxy) is 2. The average molecular weight is 365 g/mol. The molecule has 1 aliphatic carbocycles. The van der Waals surface area contributed by atoms with Crippen molar-refractivity contribution in [1.82, 2.24) is 0 Å². The van der Waals surface area contributed by atoms with Crippen LogP contribution in [-0.4, -0.2) is 20.1 Å². The van der Waals surface area contributed by atoms with E-state index in [0.717, 1.165) is 6.07 Å². The Morgan fingerprint density at radius 2 is 1.77 bits per heavy atom. The molecule has 0 saturated heterocycles. The van der Waals surface area contributed by atoms with E-state index in [2.05, 4.69) is 5.32 Å². The van der Waals surface area contributed by atoms with E-state index in [1.165, 1.54) is 26.4 Å². The van der Waals surface area contributed by atoms with E-state index in [-0.39, 0.29) is 11.5 Å². The molecule has 1 saturated carbocycles. The number of nitrogens with one attached hydrogen (secondary N) is 1. The van der Waals surface area contributed by atoms with Crippen LogP contribution < -0.4 is 14.8 Å². The zero-order valence-electron chi connectivity index (χ0n) is 14.3. The van der Waals surface area contributed by atoms with Gasteiger partial charge in [-0.05, 0) is 36.1 Å². The second-order valence-electron chi connectivity index (χ2n) is 6.09. The molecular weight excluding hydrogens is 347 g/mol. The molecule has 1 aliphatic rings. The fraction of sp³-hybridized carbons (Fsp3) is 0.316. The molecule has 138 valence electrons. The van der Waals surface area contributed by atoms with Crippen LogP contribution in [0.3, 0.4) is 0 Å². The Morgan fingerprint density at radius 1 is 1.08 bits per heavy atom. The van der Waals surface area contributed by atoms with Crippen molar-refractivity contribution in [3.8, 4) is 11.5 Å². The largest absolute Gasteiger partial charge is 0.493 e. The molecule has 7 heteroatoms. The third-order valence-electron chi connectivity index (χ3n) is 4.44. The summed E-state index contributed by atoms with van der Waals surface area (Å²) in [6.45, 7) is 0. The van der Waals surface area contributed by atoms with Crippen LogP contribution in [0.5, 0.6) is 11.5 Å². The van der Waals surface area contributed by atoms with Crippen molar-refractivity contribution in [1.29, 1.82) is 0 Å². The number of halogens is 3. The number of amides is 1. The number of alkyl halides is 3. The second-order valence-corrected chi connectivity index (χ2v) is 6.09. The predicted octanol–water partition coefficient (Wildman–Crippen LogP) is 4.46.